The highest BCUT2D eigenvalue weighted by Crippen LogP contribution is 2.23. The maximum atomic E-state index is 4.43. The van der Waals surface area contributed by atoms with Crippen molar-refractivity contribution in [2.75, 3.05) is 50.1 Å². The number of aromatic nitrogens is 2. The second kappa shape index (κ2) is 6.70. The van der Waals surface area contributed by atoms with E-state index < -0.39 is 0 Å². The number of hydrogen-bond donors (Lipinski definition) is 1. The van der Waals surface area contributed by atoms with E-state index in [1.54, 1.807) is 6.33 Å². The van der Waals surface area contributed by atoms with Crippen LogP contribution >= 0.6 is 0 Å². The minimum atomic E-state index is 0.733. The summed E-state index contributed by atoms with van der Waals surface area (Å²) in [4.78, 5) is 13.3. The minimum absolute atomic E-state index is 0.733. The summed E-state index contributed by atoms with van der Waals surface area (Å²) < 4.78 is 0. The van der Waals surface area contributed by atoms with Crippen LogP contribution in [0.4, 0.5) is 11.6 Å². The fraction of sp³-hybridized carbons (Fsp3) is 0.714. The third-order valence-electron chi connectivity index (χ3n) is 3.69. The van der Waals surface area contributed by atoms with Gasteiger partial charge in [-0.25, -0.2) is 9.97 Å². The fourth-order valence-electron chi connectivity index (χ4n) is 2.66. The van der Waals surface area contributed by atoms with Crippen molar-refractivity contribution in [2.24, 2.45) is 5.92 Å². The molecule has 0 amide bonds. The Balaban J connectivity index is 2.03. The van der Waals surface area contributed by atoms with Gasteiger partial charge < -0.3 is 15.1 Å². The highest BCUT2D eigenvalue weighted by atomic mass is 15.2. The predicted molar refractivity (Wildman–Crippen MR) is 79.8 cm³/mol. The lowest BCUT2D eigenvalue weighted by Gasteiger charge is -2.21. The van der Waals surface area contributed by atoms with Gasteiger partial charge in [-0.2, -0.15) is 0 Å². The van der Waals surface area contributed by atoms with Crippen molar-refractivity contribution >= 4 is 11.6 Å². The van der Waals surface area contributed by atoms with Crippen LogP contribution in [0.25, 0.3) is 0 Å². The van der Waals surface area contributed by atoms with Crippen LogP contribution < -0.4 is 15.1 Å². The van der Waals surface area contributed by atoms with Crippen molar-refractivity contribution < 1.29 is 0 Å². The Morgan fingerprint density at radius 3 is 3.05 bits per heavy atom. The van der Waals surface area contributed by atoms with E-state index in [4.69, 9.17) is 0 Å². The Morgan fingerprint density at radius 2 is 2.32 bits per heavy atom. The van der Waals surface area contributed by atoms with Crippen LogP contribution in [0.1, 0.15) is 19.8 Å². The van der Waals surface area contributed by atoms with Crippen molar-refractivity contribution in [1.29, 1.82) is 0 Å². The summed E-state index contributed by atoms with van der Waals surface area (Å²) in [6.45, 7) is 6.49. The molecule has 0 saturated carbocycles. The van der Waals surface area contributed by atoms with Crippen LogP contribution in [0.2, 0.25) is 0 Å². The summed E-state index contributed by atoms with van der Waals surface area (Å²) in [7, 11) is 4.11. The number of anilines is 2. The normalized spacial score (nSPS) is 18.9. The molecule has 0 radical (unpaired) electrons. The van der Waals surface area contributed by atoms with Crippen LogP contribution in [0.3, 0.4) is 0 Å². The van der Waals surface area contributed by atoms with Gasteiger partial charge in [-0.15, -0.1) is 0 Å². The first-order chi connectivity index (χ1) is 9.24. The highest BCUT2D eigenvalue weighted by molar-refractivity contribution is 5.50. The van der Waals surface area contributed by atoms with Crippen LogP contribution in [0.15, 0.2) is 12.4 Å². The first-order valence-corrected chi connectivity index (χ1v) is 7.17. The SMILES string of the molecule is CCCN(C)c1cc(N2CCC(CNC)C2)ncn1. The molecule has 1 atom stereocenters. The molecular formula is C14H25N5. The lowest BCUT2D eigenvalue weighted by molar-refractivity contribution is 0.549. The van der Waals surface area contributed by atoms with E-state index in [0.717, 1.165) is 50.2 Å². The van der Waals surface area contributed by atoms with Crippen LogP contribution in [-0.2, 0) is 0 Å². The maximum absolute atomic E-state index is 4.43. The van der Waals surface area contributed by atoms with E-state index in [1.165, 1.54) is 6.42 Å². The molecule has 0 spiro atoms. The van der Waals surface area contributed by atoms with Gasteiger partial charge in [-0.1, -0.05) is 6.92 Å². The van der Waals surface area contributed by atoms with E-state index in [1.807, 2.05) is 7.05 Å². The number of nitrogens with one attached hydrogen (secondary N) is 1. The average molecular weight is 263 g/mol. The largest absolute Gasteiger partial charge is 0.360 e. The third-order valence-corrected chi connectivity index (χ3v) is 3.69. The van der Waals surface area contributed by atoms with E-state index in [-0.39, 0.29) is 0 Å². The third kappa shape index (κ3) is 3.56. The molecule has 5 heteroatoms. The molecule has 0 bridgehead atoms. The van der Waals surface area contributed by atoms with E-state index in [9.17, 15) is 0 Å². The van der Waals surface area contributed by atoms with Gasteiger partial charge in [-0.3, -0.25) is 0 Å². The van der Waals surface area contributed by atoms with Crippen molar-refractivity contribution in [3.05, 3.63) is 12.4 Å². The Kier molecular flexibility index (Phi) is 4.96. The molecule has 1 unspecified atom stereocenters. The van der Waals surface area contributed by atoms with E-state index in [2.05, 4.69) is 45.1 Å². The van der Waals surface area contributed by atoms with Crippen LogP contribution in [-0.4, -0.2) is 50.2 Å². The quantitative estimate of drug-likeness (QED) is 0.840. The number of hydrogen-bond acceptors (Lipinski definition) is 5. The summed E-state index contributed by atoms with van der Waals surface area (Å²) in [5, 5.41) is 3.26. The summed E-state index contributed by atoms with van der Waals surface area (Å²) in [6.07, 6.45) is 4.05. The molecule has 1 N–H and O–H groups in total. The van der Waals surface area contributed by atoms with Gasteiger partial charge >= 0.3 is 0 Å². The molecule has 1 fully saturated rings. The molecular weight excluding hydrogens is 238 g/mol. The first kappa shape index (κ1) is 14.1. The molecule has 1 aromatic heterocycles. The molecule has 2 heterocycles. The zero-order valence-corrected chi connectivity index (χ0v) is 12.3. The Morgan fingerprint density at radius 1 is 1.47 bits per heavy atom. The highest BCUT2D eigenvalue weighted by Gasteiger charge is 2.23. The van der Waals surface area contributed by atoms with Gasteiger partial charge in [0.2, 0.25) is 0 Å². The lowest BCUT2D eigenvalue weighted by Crippen LogP contribution is -2.25. The molecule has 5 nitrogen and oxygen atoms in total. The Labute approximate surface area is 116 Å². The van der Waals surface area contributed by atoms with Crippen molar-refractivity contribution in [2.45, 2.75) is 19.8 Å². The maximum Gasteiger partial charge on any atom is 0.134 e. The molecule has 106 valence electrons. The summed E-state index contributed by atoms with van der Waals surface area (Å²) in [5.74, 6) is 2.81. The molecule has 0 aliphatic carbocycles. The predicted octanol–water partition coefficient (Wildman–Crippen LogP) is 1.37. The number of rotatable bonds is 6. The van der Waals surface area contributed by atoms with Gasteiger partial charge in [0, 0.05) is 32.7 Å². The molecule has 1 aromatic rings. The number of nitrogens with zero attached hydrogens (tertiary/aromatic N) is 4. The van der Waals surface area contributed by atoms with E-state index >= 15 is 0 Å². The van der Waals surface area contributed by atoms with Gasteiger partial charge in [0.05, 0.1) is 0 Å². The molecule has 0 aromatic carbocycles. The zero-order chi connectivity index (χ0) is 13.7. The van der Waals surface area contributed by atoms with Gasteiger partial charge in [0.1, 0.15) is 18.0 Å². The minimum Gasteiger partial charge on any atom is -0.360 e. The molecule has 1 aliphatic rings. The topological polar surface area (TPSA) is 44.3 Å². The second-order valence-corrected chi connectivity index (χ2v) is 5.31. The fourth-order valence-corrected chi connectivity index (χ4v) is 2.66. The van der Waals surface area contributed by atoms with Crippen molar-refractivity contribution in [3.63, 3.8) is 0 Å². The van der Waals surface area contributed by atoms with Gasteiger partial charge in [-0.05, 0) is 32.4 Å². The molecule has 19 heavy (non-hydrogen) atoms. The zero-order valence-electron chi connectivity index (χ0n) is 12.3. The second-order valence-electron chi connectivity index (χ2n) is 5.31. The molecule has 1 saturated heterocycles. The van der Waals surface area contributed by atoms with Crippen molar-refractivity contribution in [1.82, 2.24) is 15.3 Å². The average Bonchev–Trinajstić information content (AvgIpc) is 2.88. The van der Waals surface area contributed by atoms with Crippen LogP contribution in [0, 0.1) is 5.92 Å². The smallest absolute Gasteiger partial charge is 0.134 e. The lowest BCUT2D eigenvalue weighted by atomic mass is 10.1. The van der Waals surface area contributed by atoms with Crippen LogP contribution in [0.5, 0.6) is 0 Å². The monoisotopic (exact) mass is 263 g/mol. The van der Waals surface area contributed by atoms with Gasteiger partial charge in [0.15, 0.2) is 0 Å². The molecule has 2 rings (SSSR count). The summed E-state index contributed by atoms with van der Waals surface area (Å²) >= 11 is 0. The summed E-state index contributed by atoms with van der Waals surface area (Å²) in [6, 6.07) is 2.11. The Hall–Kier alpha value is -1.36. The van der Waals surface area contributed by atoms with Crippen molar-refractivity contribution in [3.8, 4) is 0 Å². The molecule has 1 aliphatic heterocycles. The standard InChI is InChI=1S/C14H25N5/c1-4-6-18(3)13-8-14(17-11-16-13)19-7-5-12(10-19)9-15-2/h8,11-12,15H,4-7,9-10H2,1-3H3. The first-order valence-electron chi connectivity index (χ1n) is 7.17. The van der Waals surface area contributed by atoms with Gasteiger partial charge in [0.25, 0.3) is 0 Å². The van der Waals surface area contributed by atoms with E-state index in [0.29, 0.717) is 0 Å². The Bertz CT molecular complexity index is 395. The summed E-state index contributed by atoms with van der Waals surface area (Å²) in [5.41, 5.74) is 0.